The highest BCUT2D eigenvalue weighted by atomic mass is 16.5. The zero-order valence-corrected chi connectivity index (χ0v) is 10.6. The molecular formula is C15H15NO3. The van der Waals surface area contributed by atoms with Gasteiger partial charge in [0.05, 0.1) is 11.5 Å². The molecule has 1 atom stereocenters. The average molecular weight is 257 g/mol. The van der Waals surface area contributed by atoms with E-state index in [1.54, 1.807) is 0 Å². The molecule has 2 aromatic rings. The second-order valence-corrected chi connectivity index (χ2v) is 4.67. The van der Waals surface area contributed by atoms with E-state index in [-0.39, 0.29) is 11.9 Å². The van der Waals surface area contributed by atoms with E-state index in [0.717, 1.165) is 24.8 Å². The second-order valence-electron chi connectivity index (χ2n) is 4.67. The van der Waals surface area contributed by atoms with Gasteiger partial charge in [0.2, 0.25) is 5.76 Å². The molecule has 0 aliphatic carbocycles. The SMILES string of the molecule is N#Cc1oc2ccccc2c1OCC1CCCCO1. The Morgan fingerprint density at radius 1 is 1.32 bits per heavy atom. The smallest absolute Gasteiger partial charge is 0.246 e. The van der Waals surface area contributed by atoms with Crippen LogP contribution in [0.15, 0.2) is 28.7 Å². The molecule has 3 rings (SSSR count). The Hall–Kier alpha value is -1.99. The van der Waals surface area contributed by atoms with Gasteiger partial charge in [-0.3, -0.25) is 0 Å². The third-order valence-electron chi connectivity index (χ3n) is 3.34. The van der Waals surface area contributed by atoms with E-state index in [9.17, 15) is 0 Å². The third-order valence-corrected chi connectivity index (χ3v) is 3.34. The van der Waals surface area contributed by atoms with Gasteiger partial charge in [0.1, 0.15) is 18.3 Å². The van der Waals surface area contributed by atoms with Crippen LogP contribution >= 0.6 is 0 Å². The summed E-state index contributed by atoms with van der Waals surface area (Å²) in [6, 6.07) is 9.56. The largest absolute Gasteiger partial charge is 0.485 e. The number of ether oxygens (including phenoxy) is 2. The van der Waals surface area contributed by atoms with Gasteiger partial charge in [-0.25, -0.2) is 0 Å². The van der Waals surface area contributed by atoms with Gasteiger partial charge in [0.15, 0.2) is 5.75 Å². The van der Waals surface area contributed by atoms with Crippen molar-refractivity contribution in [2.45, 2.75) is 25.4 Å². The topological polar surface area (TPSA) is 55.4 Å². The first kappa shape index (κ1) is 12.1. The first-order valence-corrected chi connectivity index (χ1v) is 6.54. The second kappa shape index (κ2) is 5.33. The summed E-state index contributed by atoms with van der Waals surface area (Å²) in [7, 11) is 0. The summed E-state index contributed by atoms with van der Waals surface area (Å²) in [5.41, 5.74) is 0.679. The number of hydrogen-bond acceptors (Lipinski definition) is 4. The standard InChI is InChI=1S/C15H15NO3/c16-9-14-15(12-6-1-2-7-13(12)19-14)18-10-11-5-3-4-8-17-11/h1-2,6-7,11H,3-5,8,10H2. The van der Waals surface area contributed by atoms with Crippen molar-refractivity contribution in [1.29, 1.82) is 5.26 Å². The molecular weight excluding hydrogens is 242 g/mol. The van der Waals surface area contributed by atoms with Crippen LogP contribution in [0, 0.1) is 11.3 Å². The molecule has 19 heavy (non-hydrogen) atoms. The lowest BCUT2D eigenvalue weighted by Crippen LogP contribution is -2.25. The number of furan rings is 1. The van der Waals surface area contributed by atoms with Crippen molar-refractivity contribution < 1.29 is 13.9 Å². The molecule has 98 valence electrons. The fourth-order valence-electron chi connectivity index (χ4n) is 2.35. The van der Waals surface area contributed by atoms with Crippen molar-refractivity contribution in [2.75, 3.05) is 13.2 Å². The first-order valence-electron chi connectivity index (χ1n) is 6.54. The van der Waals surface area contributed by atoms with E-state index in [1.165, 1.54) is 6.42 Å². The van der Waals surface area contributed by atoms with Crippen LogP contribution in [0.1, 0.15) is 25.0 Å². The minimum Gasteiger partial charge on any atom is -0.485 e. The van der Waals surface area contributed by atoms with E-state index in [1.807, 2.05) is 30.3 Å². The first-order chi connectivity index (χ1) is 9.38. The van der Waals surface area contributed by atoms with Crippen LogP contribution in [0.4, 0.5) is 0 Å². The quantitative estimate of drug-likeness (QED) is 0.846. The molecule has 2 heterocycles. The van der Waals surface area contributed by atoms with Crippen molar-refractivity contribution in [3.8, 4) is 11.8 Å². The molecule has 1 saturated heterocycles. The van der Waals surface area contributed by atoms with Crippen molar-refractivity contribution in [3.05, 3.63) is 30.0 Å². The Morgan fingerprint density at radius 3 is 3.00 bits per heavy atom. The van der Waals surface area contributed by atoms with Gasteiger partial charge in [-0.15, -0.1) is 0 Å². The lowest BCUT2D eigenvalue weighted by atomic mass is 10.1. The van der Waals surface area contributed by atoms with Crippen LogP contribution in [-0.2, 0) is 4.74 Å². The zero-order valence-electron chi connectivity index (χ0n) is 10.6. The lowest BCUT2D eigenvalue weighted by Gasteiger charge is -2.22. The highest BCUT2D eigenvalue weighted by Crippen LogP contribution is 2.32. The summed E-state index contributed by atoms with van der Waals surface area (Å²) in [6.45, 7) is 1.27. The maximum Gasteiger partial charge on any atom is 0.246 e. The maximum atomic E-state index is 9.10. The Morgan fingerprint density at radius 2 is 2.21 bits per heavy atom. The van der Waals surface area contributed by atoms with Crippen LogP contribution < -0.4 is 4.74 Å². The summed E-state index contributed by atoms with van der Waals surface area (Å²) < 4.78 is 16.9. The van der Waals surface area contributed by atoms with Crippen LogP contribution in [0.25, 0.3) is 11.0 Å². The number of para-hydroxylation sites is 1. The summed E-state index contributed by atoms with van der Waals surface area (Å²) in [5, 5.41) is 9.94. The van der Waals surface area contributed by atoms with Crippen LogP contribution in [0.2, 0.25) is 0 Å². The molecule has 0 spiro atoms. The molecule has 0 N–H and O–H groups in total. The van der Waals surface area contributed by atoms with Gasteiger partial charge in [-0.1, -0.05) is 12.1 Å². The number of fused-ring (bicyclic) bond motifs is 1. The van der Waals surface area contributed by atoms with Gasteiger partial charge < -0.3 is 13.9 Å². The molecule has 4 nitrogen and oxygen atoms in total. The molecule has 0 radical (unpaired) electrons. The van der Waals surface area contributed by atoms with Gasteiger partial charge in [0.25, 0.3) is 0 Å². The van der Waals surface area contributed by atoms with E-state index >= 15 is 0 Å². The van der Waals surface area contributed by atoms with E-state index in [0.29, 0.717) is 17.9 Å². The molecule has 1 aromatic carbocycles. The molecule has 0 amide bonds. The molecule has 1 aromatic heterocycles. The fraction of sp³-hybridized carbons (Fsp3) is 0.400. The van der Waals surface area contributed by atoms with Gasteiger partial charge >= 0.3 is 0 Å². The number of hydrogen-bond donors (Lipinski definition) is 0. The third kappa shape index (κ3) is 2.42. The number of nitriles is 1. The summed E-state index contributed by atoms with van der Waals surface area (Å²) in [4.78, 5) is 0. The minimum atomic E-state index is 0.119. The molecule has 1 aliphatic rings. The van der Waals surface area contributed by atoms with E-state index in [2.05, 4.69) is 0 Å². The number of rotatable bonds is 3. The van der Waals surface area contributed by atoms with E-state index in [4.69, 9.17) is 19.2 Å². The monoisotopic (exact) mass is 257 g/mol. The predicted octanol–water partition coefficient (Wildman–Crippen LogP) is 3.25. The van der Waals surface area contributed by atoms with Crippen molar-refractivity contribution in [3.63, 3.8) is 0 Å². The van der Waals surface area contributed by atoms with Crippen molar-refractivity contribution in [2.24, 2.45) is 0 Å². The highest BCUT2D eigenvalue weighted by molar-refractivity contribution is 5.86. The normalized spacial score (nSPS) is 19.2. The Bertz CT molecular complexity index is 605. The molecule has 0 saturated carbocycles. The zero-order chi connectivity index (χ0) is 13.1. The lowest BCUT2D eigenvalue weighted by molar-refractivity contribution is -0.0109. The van der Waals surface area contributed by atoms with Gasteiger partial charge in [0, 0.05) is 6.61 Å². The Labute approximate surface area is 111 Å². The minimum absolute atomic E-state index is 0.119. The Kier molecular flexibility index (Phi) is 3.39. The summed E-state index contributed by atoms with van der Waals surface area (Å²) >= 11 is 0. The molecule has 1 aliphatic heterocycles. The highest BCUT2D eigenvalue weighted by Gasteiger charge is 2.19. The molecule has 1 unspecified atom stereocenters. The van der Waals surface area contributed by atoms with Crippen LogP contribution in [0.3, 0.4) is 0 Å². The summed E-state index contributed by atoms with van der Waals surface area (Å²) in [5.74, 6) is 0.768. The van der Waals surface area contributed by atoms with Crippen LogP contribution in [-0.4, -0.2) is 19.3 Å². The number of nitrogens with zero attached hydrogens (tertiary/aromatic N) is 1. The maximum absolute atomic E-state index is 9.10. The fourth-order valence-corrected chi connectivity index (χ4v) is 2.35. The van der Waals surface area contributed by atoms with Crippen molar-refractivity contribution in [1.82, 2.24) is 0 Å². The van der Waals surface area contributed by atoms with Crippen molar-refractivity contribution >= 4 is 11.0 Å². The molecule has 1 fully saturated rings. The molecule has 0 bridgehead atoms. The van der Waals surface area contributed by atoms with E-state index < -0.39 is 0 Å². The van der Waals surface area contributed by atoms with Gasteiger partial charge in [-0.2, -0.15) is 5.26 Å². The summed E-state index contributed by atoms with van der Waals surface area (Å²) in [6.07, 6.45) is 3.42. The van der Waals surface area contributed by atoms with Gasteiger partial charge in [-0.05, 0) is 31.4 Å². The number of benzene rings is 1. The average Bonchev–Trinajstić information content (AvgIpc) is 2.84. The molecule has 4 heteroatoms. The van der Waals surface area contributed by atoms with Crippen LogP contribution in [0.5, 0.6) is 5.75 Å². The Balaban J connectivity index is 1.81. The predicted molar refractivity (Wildman–Crippen MR) is 70.0 cm³/mol.